The highest BCUT2D eigenvalue weighted by molar-refractivity contribution is 9.10. The summed E-state index contributed by atoms with van der Waals surface area (Å²) in [5.74, 6) is 0.602. The van der Waals surface area contributed by atoms with Gasteiger partial charge < -0.3 is 14.8 Å². The fraction of sp³-hybridized carbons (Fsp3) is 0.182. The fourth-order valence-electron chi connectivity index (χ4n) is 2.74. The summed E-state index contributed by atoms with van der Waals surface area (Å²) in [7, 11) is 1.56. The van der Waals surface area contributed by atoms with E-state index < -0.39 is 5.82 Å². The van der Waals surface area contributed by atoms with Crippen molar-refractivity contribution in [3.8, 4) is 11.5 Å². The van der Waals surface area contributed by atoms with Crippen LogP contribution >= 0.6 is 39.1 Å². The van der Waals surface area contributed by atoms with Gasteiger partial charge in [0, 0.05) is 22.8 Å². The van der Waals surface area contributed by atoms with Crippen LogP contribution in [0.1, 0.15) is 16.7 Å². The first-order valence-corrected chi connectivity index (χ1v) is 10.4. The van der Waals surface area contributed by atoms with E-state index in [0.717, 1.165) is 16.8 Å². The number of aryl methyl sites for hydroxylation is 1. The normalized spacial score (nSPS) is 10.7. The van der Waals surface area contributed by atoms with Crippen molar-refractivity contribution in [2.45, 2.75) is 20.1 Å². The number of anilines is 1. The van der Waals surface area contributed by atoms with Gasteiger partial charge in [-0.1, -0.05) is 35.3 Å². The molecule has 0 atom stereocenters. The van der Waals surface area contributed by atoms with Crippen molar-refractivity contribution in [3.63, 3.8) is 0 Å². The average molecular weight is 499 g/mol. The minimum atomic E-state index is -0.412. The molecule has 152 valence electrons. The maximum absolute atomic E-state index is 14.0. The SMILES string of the molecule is COc1cc(CNc2ccc(C)c(Cl)c2)cc(Br)c1OCc1c(F)cccc1Cl. The monoisotopic (exact) mass is 497 g/mol. The zero-order valence-corrected chi connectivity index (χ0v) is 19.0. The molecule has 0 radical (unpaired) electrons. The molecule has 0 amide bonds. The van der Waals surface area contributed by atoms with Crippen LogP contribution in [-0.4, -0.2) is 7.11 Å². The van der Waals surface area contributed by atoms with E-state index in [1.165, 1.54) is 6.07 Å². The molecule has 3 aromatic rings. The van der Waals surface area contributed by atoms with Crippen LogP contribution in [0.3, 0.4) is 0 Å². The van der Waals surface area contributed by atoms with Crippen LogP contribution < -0.4 is 14.8 Å². The molecule has 0 heterocycles. The molecule has 0 spiro atoms. The second-order valence-electron chi connectivity index (χ2n) is 6.42. The number of halogens is 4. The molecule has 7 heteroatoms. The standard InChI is InChI=1S/C22H19BrCl2FNO2/c1-13-6-7-15(10-19(13)25)27-11-14-8-17(23)22(21(9-14)28-2)29-12-16-18(24)4-3-5-20(16)26/h3-10,27H,11-12H2,1-2H3. The van der Waals surface area contributed by atoms with Crippen molar-refractivity contribution in [3.05, 3.63) is 85.6 Å². The molecular formula is C22H19BrCl2FNO2. The minimum absolute atomic E-state index is 0.0140. The van der Waals surface area contributed by atoms with Crippen molar-refractivity contribution in [2.75, 3.05) is 12.4 Å². The summed E-state index contributed by atoms with van der Waals surface area (Å²) in [5, 5.41) is 4.36. The topological polar surface area (TPSA) is 30.5 Å². The molecule has 0 aliphatic rings. The molecule has 0 bridgehead atoms. The largest absolute Gasteiger partial charge is 0.493 e. The number of benzene rings is 3. The van der Waals surface area contributed by atoms with Crippen LogP contribution in [0, 0.1) is 12.7 Å². The number of methoxy groups -OCH3 is 1. The Balaban J connectivity index is 1.75. The van der Waals surface area contributed by atoms with Crippen molar-refractivity contribution >= 4 is 44.8 Å². The maximum Gasteiger partial charge on any atom is 0.175 e. The first kappa shape index (κ1) is 21.8. The highest BCUT2D eigenvalue weighted by Crippen LogP contribution is 2.38. The first-order valence-electron chi connectivity index (χ1n) is 8.81. The van der Waals surface area contributed by atoms with Gasteiger partial charge in [-0.05, 0) is 70.4 Å². The van der Waals surface area contributed by atoms with Crippen LogP contribution in [-0.2, 0) is 13.2 Å². The molecule has 3 nitrogen and oxygen atoms in total. The van der Waals surface area contributed by atoms with Crippen LogP contribution in [0.25, 0.3) is 0 Å². The average Bonchev–Trinajstić information content (AvgIpc) is 2.69. The van der Waals surface area contributed by atoms with Crippen LogP contribution in [0.5, 0.6) is 11.5 Å². The third-order valence-corrected chi connectivity index (χ3v) is 5.73. The van der Waals surface area contributed by atoms with Crippen LogP contribution in [0.15, 0.2) is 53.0 Å². The van der Waals surface area contributed by atoms with Gasteiger partial charge >= 0.3 is 0 Å². The van der Waals surface area contributed by atoms with E-state index in [-0.39, 0.29) is 6.61 Å². The lowest BCUT2D eigenvalue weighted by molar-refractivity contribution is 0.278. The lowest BCUT2D eigenvalue weighted by Gasteiger charge is -2.16. The van der Waals surface area contributed by atoms with Crippen molar-refractivity contribution in [1.82, 2.24) is 0 Å². The van der Waals surface area contributed by atoms with Gasteiger partial charge in [-0.15, -0.1) is 0 Å². The Morgan fingerprint density at radius 1 is 1.07 bits per heavy atom. The highest BCUT2D eigenvalue weighted by Gasteiger charge is 2.14. The summed E-state index contributed by atoms with van der Waals surface area (Å²) in [6, 6.07) is 14.1. The van der Waals surface area contributed by atoms with Crippen molar-refractivity contribution in [2.24, 2.45) is 0 Å². The van der Waals surface area contributed by atoms with E-state index in [1.54, 1.807) is 19.2 Å². The van der Waals surface area contributed by atoms with E-state index in [2.05, 4.69) is 21.2 Å². The summed E-state index contributed by atoms with van der Waals surface area (Å²) >= 11 is 15.8. The lowest BCUT2D eigenvalue weighted by Crippen LogP contribution is -2.04. The summed E-state index contributed by atoms with van der Waals surface area (Å²) < 4.78 is 26.0. The molecule has 0 fully saturated rings. The number of hydrogen-bond donors (Lipinski definition) is 1. The molecule has 29 heavy (non-hydrogen) atoms. The van der Waals surface area contributed by atoms with Gasteiger partial charge in [0.05, 0.1) is 16.6 Å². The summed E-state index contributed by atoms with van der Waals surface area (Å²) in [6.07, 6.45) is 0. The smallest absolute Gasteiger partial charge is 0.175 e. The maximum atomic E-state index is 14.0. The van der Waals surface area contributed by atoms with Crippen LogP contribution in [0.4, 0.5) is 10.1 Å². The van der Waals surface area contributed by atoms with E-state index in [1.807, 2.05) is 37.3 Å². The second-order valence-corrected chi connectivity index (χ2v) is 8.08. The first-order chi connectivity index (χ1) is 13.9. The molecule has 0 saturated carbocycles. The number of hydrogen-bond acceptors (Lipinski definition) is 3. The second kappa shape index (κ2) is 9.70. The third kappa shape index (κ3) is 5.35. The van der Waals surface area contributed by atoms with Gasteiger partial charge in [-0.2, -0.15) is 0 Å². The number of ether oxygens (including phenoxy) is 2. The molecule has 0 aliphatic heterocycles. The Labute approximate surface area is 187 Å². The van der Waals surface area contributed by atoms with E-state index in [4.69, 9.17) is 32.7 Å². The van der Waals surface area contributed by atoms with Crippen molar-refractivity contribution < 1.29 is 13.9 Å². The van der Waals surface area contributed by atoms with Gasteiger partial charge in [-0.3, -0.25) is 0 Å². The Hall–Kier alpha value is -1.95. The predicted molar refractivity (Wildman–Crippen MR) is 120 cm³/mol. The molecule has 1 N–H and O–H groups in total. The van der Waals surface area contributed by atoms with Gasteiger partial charge in [0.1, 0.15) is 12.4 Å². The van der Waals surface area contributed by atoms with Crippen LogP contribution in [0.2, 0.25) is 10.0 Å². The van der Waals surface area contributed by atoms with Gasteiger partial charge in [0.2, 0.25) is 0 Å². The Kier molecular flexibility index (Phi) is 7.28. The molecule has 3 rings (SSSR count). The summed E-state index contributed by atoms with van der Waals surface area (Å²) in [6.45, 7) is 2.51. The number of rotatable bonds is 7. The third-order valence-electron chi connectivity index (χ3n) is 4.38. The Morgan fingerprint density at radius 2 is 1.86 bits per heavy atom. The van der Waals surface area contributed by atoms with Gasteiger partial charge in [0.15, 0.2) is 11.5 Å². The summed E-state index contributed by atoms with van der Waals surface area (Å²) in [4.78, 5) is 0. The lowest BCUT2D eigenvalue weighted by atomic mass is 10.1. The zero-order valence-electron chi connectivity index (χ0n) is 15.9. The molecule has 0 saturated heterocycles. The van der Waals surface area contributed by atoms with E-state index >= 15 is 0 Å². The predicted octanol–water partition coefficient (Wildman–Crippen LogP) is 7.40. The highest BCUT2D eigenvalue weighted by atomic mass is 79.9. The van der Waals surface area contributed by atoms with Gasteiger partial charge in [0.25, 0.3) is 0 Å². The Morgan fingerprint density at radius 3 is 2.55 bits per heavy atom. The number of nitrogens with one attached hydrogen (secondary N) is 1. The Bertz CT molecular complexity index is 1010. The molecular weight excluding hydrogens is 480 g/mol. The van der Waals surface area contributed by atoms with Crippen molar-refractivity contribution in [1.29, 1.82) is 0 Å². The fourth-order valence-corrected chi connectivity index (χ4v) is 3.74. The van der Waals surface area contributed by atoms with Gasteiger partial charge in [-0.25, -0.2) is 4.39 Å². The molecule has 3 aromatic carbocycles. The quantitative estimate of drug-likeness (QED) is 0.368. The molecule has 0 aliphatic carbocycles. The zero-order chi connectivity index (χ0) is 21.0. The molecule has 0 unspecified atom stereocenters. The van der Waals surface area contributed by atoms with E-state index in [9.17, 15) is 4.39 Å². The summed E-state index contributed by atoms with van der Waals surface area (Å²) in [5.41, 5.74) is 3.22. The van der Waals surface area contributed by atoms with E-state index in [0.29, 0.717) is 38.1 Å². The molecule has 0 aromatic heterocycles. The minimum Gasteiger partial charge on any atom is -0.493 e.